The second-order valence-corrected chi connectivity index (χ2v) is 12.3. The lowest BCUT2D eigenvalue weighted by Gasteiger charge is -2.06. The molecule has 6 aromatic carbocycles. The van der Waals surface area contributed by atoms with Gasteiger partial charge in [-0.05, 0) is 48.0 Å². The minimum Gasteiger partial charge on any atom is -0.456 e. The molecule has 0 bridgehead atoms. The SMILES string of the molecule is O=Cc1cc(Cl)ccc1-c1cccc2c1oc1ccccc12.O=Cc1cc(Cl)ccc1Br.OB(O)c1cccc2c1oc1ccccc12. The number of halogens is 3. The highest BCUT2D eigenvalue weighted by Crippen LogP contribution is 2.37. The molecule has 48 heavy (non-hydrogen) atoms. The summed E-state index contributed by atoms with van der Waals surface area (Å²) in [6, 6.07) is 37.2. The Bertz CT molecular complexity index is 2430. The van der Waals surface area contributed by atoms with Gasteiger partial charge in [0.2, 0.25) is 0 Å². The normalized spacial score (nSPS) is 10.8. The van der Waals surface area contributed by atoms with Gasteiger partial charge >= 0.3 is 7.12 Å². The zero-order chi connectivity index (χ0) is 33.8. The maximum absolute atomic E-state index is 11.4. The van der Waals surface area contributed by atoms with Crippen LogP contribution in [-0.2, 0) is 0 Å². The summed E-state index contributed by atoms with van der Waals surface area (Å²) in [5, 5.41) is 23.6. The standard InChI is InChI=1S/C19H11ClO2.C12H9BO3.C7H4BrClO/c20-13-8-9-14(12(10-13)11-21)16-5-3-6-17-15-4-1-2-7-18(15)22-19(16)17;14-13(15)10-6-3-5-9-8-4-1-2-7-11(8)16-12(9)10;8-7-2-1-6(9)3-5(7)4-10/h1-11H;1-7,14-15H;1-4H. The topological polar surface area (TPSA) is 101 Å². The highest BCUT2D eigenvalue weighted by Gasteiger charge is 2.18. The molecular formula is C38H24BBrCl2O6. The summed E-state index contributed by atoms with van der Waals surface area (Å²) in [6.07, 6.45) is 1.58. The average Bonchev–Trinajstić information content (AvgIpc) is 3.68. The summed E-state index contributed by atoms with van der Waals surface area (Å²) in [4.78, 5) is 21.7. The predicted octanol–water partition coefficient (Wildman–Crippen LogP) is 9.90. The molecule has 0 aliphatic rings. The van der Waals surface area contributed by atoms with Gasteiger partial charge in [-0.3, -0.25) is 9.59 Å². The van der Waals surface area contributed by atoms with Crippen molar-refractivity contribution in [3.63, 3.8) is 0 Å². The van der Waals surface area contributed by atoms with Crippen molar-refractivity contribution in [1.82, 2.24) is 0 Å². The number of carbonyl (C=O) groups excluding carboxylic acids is 2. The Labute approximate surface area is 293 Å². The molecule has 236 valence electrons. The van der Waals surface area contributed by atoms with Crippen LogP contribution in [0.15, 0.2) is 135 Å². The first kappa shape index (κ1) is 33.2. The van der Waals surface area contributed by atoms with Gasteiger partial charge in [0.1, 0.15) is 22.3 Å². The third kappa shape index (κ3) is 6.80. The van der Waals surface area contributed by atoms with Crippen molar-refractivity contribution < 1.29 is 28.5 Å². The minimum absolute atomic E-state index is 0.397. The monoisotopic (exact) mass is 736 g/mol. The van der Waals surface area contributed by atoms with E-state index in [0.717, 1.165) is 66.5 Å². The van der Waals surface area contributed by atoms with Crippen LogP contribution in [0, 0.1) is 0 Å². The molecule has 2 N–H and O–H groups in total. The van der Waals surface area contributed by atoms with E-state index in [1.54, 1.807) is 42.5 Å². The molecule has 0 saturated carbocycles. The first-order valence-electron chi connectivity index (χ1n) is 14.6. The number of rotatable bonds is 4. The van der Waals surface area contributed by atoms with Crippen LogP contribution in [0.4, 0.5) is 0 Å². The minimum atomic E-state index is -1.51. The fraction of sp³-hybridized carbons (Fsp3) is 0. The molecule has 0 fully saturated rings. The summed E-state index contributed by atoms with van der Waals surface area (Å²) in [5.74, 6) is 0. The molecule has 10 heteroatoms. The molecule has 8 aromatic rings. The highest BCUT2D eigenvalue weighted by atomic mass is 79.9. The Kier molecular flexibility index (Phi) is 10.1. The van der Waals surface area contributed by atoms with Crippen LogP contribution in [0.25, 0.3) is 55.0 Å². The molecule has 0 radical (unpaired) electrons. The van der Waals surface area contributed by atoms with E-state index in [1.807, 2.05) is 78.9 Å². The van der Waals surface area contributed by atoms with E-state index >= 15 is 0 Å². The molecule has 0 saturated heterocycles. The number of furan rings is 2. The summed E-state index contributed by atoms with van der Waals surface area (Å²) in [6.45, 7) is 0. The maximum atomic E-state index is 11.4. The Morgan fingerprint density at radius 2 is 1.08 bits per heavy atom. The van der Waals surface area contributed by atoms with E-state index in [9.17, 15) is 19.6 Å². The Morgan fingerprint density at radius 1 is 0.562 bits per heavy atom. The number of fused-ring (bicyclic) bond motifs is 6. The van der Waals surface area contributed by atoms with Crippen LogP contribution in [0.3, 0.4) is 0 Å². The molecule has 2 aromatic heterocycles. The Hall–Kier alpha value is -4.70. The number of benzene rings is 6. The van der Waals surface area contributed by atoms with Crippen LogP contribution >= 0.6 is 39.1 Å². The second-order valence-electron chi connectivity index (χ2n) is 10.6. The molecular weight excluding hydrogens is 714 g/mol. The van der Waals surface area contributed by atoms with Crippen LogP contribution in [-0.4, -0.2) is 29.7 Å². The average molecular weight is 738 g/mol. The van der Waals surface area contributed by atoms with E-state index in [0.29, 0.717) is 32.2 Å². The van der Waals surface area contributed by atoms with Gasteiger partial charge in [0.05, 0.1) is 0 Å². The number of carbonyl (C=O) groups is 2. The first-order valence-corrected chi connectivity index (χ1v) is 16.2. The molecule has 0 aliphatic carbocycles. The predicted molar refractivity (Wildman–Crippen MR) is 198 cm³/mol. The number of para-hydroxylation sites is 4. The number of hydrogen-bond acceptors (Lipinski definition) is 6. The molecule has 0 aliphatic heterocycles. The second kappa shape index (κ2) is 14.6. The van der Waals surface area contributed by atoms with Gasteiger partial charge in [-0.2, -0.15) is 0 Å². The van der Waals surface area contributed by atoms with Crippen molar-refractivity contribution in [1.29, 1.82) is 0 Å². The molecule has 6 nitrogen and oxygen atoms in total. The summed E-state index contributed by atoms with van der Waals surface area (Å²) < 4.78 is 12.4. The molecule has 0 amide bonds. The van der Waals surface area contributed by atoms with E-state index in [-0.39, 0.29) is 0 Å². The van der Waals surface area contributed by atoms with Gasteiger partial charge in [-0.1, -0.05) is 118 Å². The lowest BCUT2D eigenvalue weighted by Crippen LogP contribution is -2.29. The fourth-order valence-electron chi connectivity index (χ4n) is 5.41. The summed E-state index contributed by atoms with van der Waals surface area (Å²) in [7, 11) is -1.51. The van der Waals surface area contributed by atoms with Gasteiger partial charge in [0, 0.05) is 58.2 Å². The highest BCUT2D eigenvalue weighted by molar-refractivity contribution is 9.10. The number of hydrogen-bond donors (Lipinski definition) is 2. The molecule has 8 rings (SSSR count). The third-order valence-corrected chi connectivity index (χ3v) is 8.83. The fourth-order valence-corrected chi connectivity index (χ4v) is 6.11. The van der Waals surface area contributed by atoms with Crippen molar-refractivity contribution in [2.24, 2.45) is 0 Å². The quantitative estimate of drug-likeness (QED) is 0.138. The Balaban J connectivity index is 0.000000135. The van der Waals surface area contributed by atoms with Crippen LogP contribution in [0.5, 0.6) is 0 Å². The molecule has 0 spiro atoms. The first-order chi connectivity index (χ1) is 23.3. The van der Waals surface area contributed by atoms with Gasteiger partial charge in [-0.25, -0.2) is 0 Å². The van der Waals surface area contributed by atoms with Gasteiger partial charge in [0.15, 0.2) is 12.6 Å². The summed E-state index contributed by atoms with van der Waals surface area (Å²) in [5.41, 5.74) is 6.17. The van der Waals surface area contributed by atoms with E-state index < -0.39 is 7.12 Å². The van der Waals surface area contributed by atoms with Crippen LogP contribution in [0.1, 0.15) is 20.7 Å². The van der Waals surface area contributed by atoms with E-state index in [4.69, 9.17) is 32.0 Å². The van der Waals surface area contributed by atoms with Crippen LogP contribution < -0.4 is 5.46 Å². The largest absolute Gasteiger partial charge is 0.492 e. The zero-order valence-corrected chi connectivity index (χ0v) is 28.0. The lowest BCUT2D eigenvalue weighted by atomic mass is 9.79. The van der Waals surface area contributed by atoms with Gasteiger partial charge < -0.3 is 18.9 Å². The zero-order valence-electron chi connectivity index (χ0n) is 24.9. The summed E-state index contributed by atoms with van der Waals surface area (Å²) >= 11 is 14.8. The maximum Gasteiger partial charge on any atom is 0.492 e. The molecule has 0 unspecified atom stereocenters. The lowest BCUT2D eigenvalue weighted by molar-refractivity contribution is 0.111. The van der Waals surface area contributed by atoms with E-state index in [1.165, 1.54) is 0 Å². The number of aldehydes is 2. The molecule has 2 heterocycles. The third-order valence-electron chi connectivity index (χ3n) is 7.63. The van der Waals surface area contributed by atoms with Crippen molar-refractivity contribution in [3.05, 3.63) is 147 Å². The molecule has 0 atom stereocenters. The van der Waals surface area contributed by atoms with Gasteiger partial charge in [0.25, 0.3) is 0 Å². The van der Waals surface area contributed by atoms with Crippen molar-refractivity contribution in [3.8, 4) is 11.1 Å². The van der Waals surface area contributed by atoms with Crippen molar-refractivity contribution in [2.75, 3.05) is 0 Å². The smallest absolute Gasteiger partial charge is 0.456 e. The van der Waals surface area contributed by atoms with Crippen LogP contribution in [0.2, 0.25) is 10.0 Å². The van der Waals surface area contributed by atoms with Crippen molar-refractivity contribution in [2.45, 2.75) is 0 Å². The van der Waals surface area contributed by atoms with Gasteiger partial charge in [-0.15, -0.1) is 0 Å². The Morgan fingerprint density at radius 3 is 1.69 bits per heavy atom. The van der Waals surface area contributed by atoms with E-state index in [2.05, 4.69) is 15.9 Å². The van der Waals surface area contributed by atoms with Crippen molar-refractivity contribution >= 4 is 108 Å².